The molecule has 0 bridgehead atoms. The first-order valence-corrected chi connectivity index (χ1v) is 45.8. The monoisotopic (exact) mass is 1940 g/mol. The molecule has 0 radical (unpaired) electrons. The van der Waals surface area contributed by atoms with Crippen molar-refractivity contribution in [1.82, 2.24) is 54.7 Å². The van der Waals surface area contributed by atoms with Gasteiger partial charge in [0.25, 0.3) is 0 Å². The molecule has 8 aromatic rings. The number of Topliss-reactive ketones (excluding diaryl/α,β-unsaturated/α-hetero) is 1. The van der Waals surface area contributed by atoms with Crippen LogP contribution >= 0.6 is 0 Å². The van der Waals surface area contributed by atoms with Gasteiger partial charge in [-0.05, 0) is 222 Å². The van der Waals surface area contributed by atoms with Crippen molar-refractivity contribution >= 4 is 121 Å². The summed E-state index contributed by atoms with van der Waals surface area (Å²) >= 11 is 0. The average molecular weight is 1940 g/mol. The lowest BCUT2D eigenvalue weighted by molar-refractivity contribution is -0.152. The number of aromatic amines is 4. The number of benzene rings is 4. The fraction of sp³-hybridized carbons (Fsp3) is 0.554. The first-order valence-electron chi connectivity index (χ1n) is 52.8. The molecule has 37 heteroatoms. The van der Waals surface area contributed by atoms with Crippen LogP contribution in [0.1, 0.15) is 238 Å². The van der Waals surface area contributed by atoms with Crippen molar-refractivity contribution < 1.29 is 132 Å². The molecule has 0 aliphatic carbocycles. The van der Waals surface area contributed by atoms with E-state index in [0.717, 1.165) is 79.1 Å². The molecule has 752 valence electrons. The van der Waals surface area contributed by atoms with Gasteiger partial charge in [0.15, 0.2) is 5.78 Å². The Hall–Kier alpha value is -12.4. The molecule has 4 aliphatic rings. The summed E-state index contributed by atoms with van der Waals surface area (Å²) in [5.74, 6) is -12.2. The quantitative estimate of drug-likeness (QED) is 0.0130. The molecule has 2 unspecified atom stereocenters. The van der Waals surface area contributed by atoms with Gasteiger partial charge in [0.1, 0.15) is 76.6 Å². The lowest BCUT2D eigenvalue weighted by atomic mass is 9.93. The third-order valence-electron chi connectivity index (χ3n) is 23.4. The second kappa shape index (κ2) is 45.0. The minimum atomic E-state index is -3.21. The number of aromatic nitrogens is 4. The third-order valence-corrected chi connectivity index (χ3v) is 23.4. The van der Waals surface area contributed by atoms with Gasteiger partial charge in [-0.3, -0.25) is 57.6 Å². The predicted molar refractivity (Wildman–Crippen MR) is 509 cm³/mol. The highest BCUT2D eigenvalue weighted by molar-refractivity contribution is 6.00. The largest absolute Gasteiger partial charge is 0.461 e. The predicted octanol–water partition coefficient (Wildman–Crippen LogP) is 13.7. The summed E-state index contributed by atoms with van der Waals surface area (Å²) in [5, 5.41) is 2.88. The zero-order valence-electron chi connectivity index (χ0n) is 95.2. The highest BCUT2D eigenvalue weighted by Gasteiger charge is 2.47. The molecule has 138 heavy (non-hydrogen) atoms. The first-order chi connectivity index (χ1) is 70.0. The molecule has 4 fully saturated rings. The van der Waals surface area contributed by atoms with Gasteiger partial charge in [0.2, 0.25) is 29.5 Å². The van der Waals surface area contributed by atoms with Crippen LogP contribution < -0.4 is 16.8 Å². The first kappa shape index (κ1) is 88.3. The molecular weight excluding hydrogens is 1790 g/mol. The van der Waals surface area contributed by atoms with E-state index >= 15 is 18.4 Å². The molecule has 4 aliphatic heterocycles. The number of hydrogen-bond donors (Lipinski definition) is 7. The highest BCUT2D eigenvalue weighted by atomic mass is 19.1. The molecule has 4 aromatic carbocycles. The van der Waals surface area contributed by atoms with Crippen molar-refractivity contribution in [2.24, 2.45) is 17.4 Å². The minimum Gasteiger partial charge on any atom is -0.461 e. The maximum Gasteiger partial charge on any atom is 0.410 e. The number of ether oxygens (including phenoxy) is 7. The maximum absolute atomic E-state index is 15.4. The molecular formula is C101H135F4N13O20. The van der Waals surface area contributed by atoms with Gasteiger partial charge in [-0.1, -0.05) is 27.7 Å². The molecule has 14 atom stereocenters. The normalized spacial score (nSPS) is 21.7. The second-order valence-corrected chi connectivity index (χ2v) is 37.8. The van der Waals surface area contributed by atoms with Crippen LogP contribution in [0.15, 0.2) is 72.8 Å². The number of nitrogens with one attached hydrogen (secondary N) is 5. The number of likely N-dealkylation sites (tertiary alicyclic amines) is 4. The third kappa shape index (κ3) is 26.9. The number of rotatable bonds is 29. The van der Waals surface area contributed by atoms with Gasteiger partial charge in [-0.25, -0.2) is 27.2 Å². The number of fused-ring (bicyclic) bond motifs is 4. The number of esters is 5. The van der Waals surface area contributed by atoms with E-state index in [1.807, 2.05) is 20.8 Å². The number of nitrogens with zero attached hydrogens (tertiary/aromatic N) is 6. The summed E-state index contributed by atoms with van der Waals surface area (Å²) in [4.78, 5) is 189. The lowest BCUT2D eigenvalue weighted by Gasteiger charge is -2.31. The summed E-state index contributed by atoms with van der Waals surface area (Å²) in [7, 11) is 0. The van der Waals surface area contributed by atoms with Crippen LogP contribution in [0, 0.1) is 29.2 Å². The van der Waals surface area contributed by atoms with Crippen LogP contribution in [0.3, 0.4) is 0 Å². The molecule has 0 saturated carbocycles. The topological polar surface area (TPSA) is 433 Å². The zero-order chi connectivity index (χ0) is 114. The molecule has 4 aromatic heterocycles. The van der Waals surface area contributed by atoms with Crippen molar-refractivity contribution in [2.75, 3.05) is 40.1 Å². The number of carbonyl (C=O) groups is 13. The van der Waals surface area contributed by atoms with Gasteiger partial charge in [0.05, 0.1) is 67.1 Å². The number of ketones is 1. The SMILES string of the molecule is CC(=O)OC(C)(C)C.[2H]C([2H])(c1c(-c2[nH]c3cc(F)ccc3c2C([2H])([2H])[C@@H]2CC(OC(C)=O)CN2C(=O)[C@H](CC)NC(=O)[C@H](C)N(C(=O)OC(C)(C)C)C([2H])([2H])[2H])[nH]c2cc(F)ccc12)[C@@H]1C[C@H](OC(C)=O)CN1C(=O)[C@H](CC)CC(=O)[C@H](C)N(C(=O)OC(C)(C)C)C([2H])([2H])[2H].[2H]C([2H])(c1c(-c2[nH]c3cc(F)ccc3c2C([2H])([2H])[C@@H]2C[C@H](OC(C)=O)CN2C(=O)[C@@H](N)CC)[nH]c2cc(F)ccc12)[C@@H]1CC(OC(C)=O)CN1C(=O)[C@@H](N)CC. The Morgan fingerprint density at radius 1 is 0.420 bits per heavy atom. The zero-order valence-corrected chi connectivity index (χ0v) is 81.2. The number of carbonyl (C=O) groups excluding carboxylic acids is 13. The van der Waals surface area contributed by atoms with Gasteiger partial charge >= 0.3 is 42.0 Å². The Kier molecular flexibility index (Phi) is 28.8. The highest BCUT2D eigenvalue weighted by Crippen LogP contribution is 2.44. The van der Waals surface area contributed by atoms with Gasteiger partial charge in [0, 0.05) is 174 Å². The maximum atomic E-state index is 15.4. The fourth-order valence-corrected chi connectivity index (χ4v) is 17.0. The Morgan fingerprint density at radius 3 is 0.949 bits per heavy atom. The number of likely N-dealkylation sites (N-methyl/N-ethyl adjacent to an activating group) is 2. The molecule has 8 heterocycles. The second-order valence-electron chi connectivity index (χ2n) is 37.8. The van der Waals surface area contributed by atoms with Crippen LogP contribution in [0.25, 0.3) is 66.4 Å². The Labute approximate surface area is 820 Å². The summed E-state index contributed by atoms with van der Waals surface area (Å²) < 4.78 is 227. The van der Waals surface area contributed by atoms with Crippen LogP contribution in [0.5, 0.6) is 0 Å². The summed E-state index contributed by atoms with van der Waals surface area (Å²) in [6.07, 6.45) is -19.0. The molecule has 12 rings (SSSR count). The van der Waals surface area contributed by atoms with Crippen LogP contribution in [-0.2, 0) is 111 Å². The molecule has 33 nitrogen and oxygen atoms in total. The van der Waals surface area contributed by atoms with E-state index in [2.05, 4.69) is 25.3 Å². The van der Waals surface area contributed by atoms with Crippen LogP contribution in [-0.4, -0.2) is 262 Å². The van der Waals surface area contributed by atoms with Crippen LogP contribution in [0.4, 0.5) is 27.2 Å². The Morgan fingerprint density at radius 2 is 0.703 bits per heavy atom. The standard InChI is InChI=1S/C57H77F2N7O12.C38H46F2N6O6.C6H12O2/c1-15-34(21-48(69)30(3)63(13)54(73)77-56(7,8)9)52(71)65-28-39(75-32(5)67)24-37(65)26-43-41-19-17-35(58)22-46(41)60-49(43)50-44(42-20-18-36(59)23-47(42)61-50)27-38-25-40(76-33(6)68)29-66(38)53(72)45(16-2)62-51(70)31(4)64(14)55(74)78-57(10,11)12;1-5-31(41)37(49)45-17-25(51-19(3)47)13-23(45)15-29-27-9-7-21(39)11-33(27)43-35(29)36-30(28-10-8-22(40)12-34(28)44-36)16-24-14-26(52-20(4)48)18-46(24)38(50)32(42)6-2;1-5(7)8-6(2,3)4/h17-20,22-23,30-31,34,37-40,45,60-61H,15-16,21,24-29H2,1-14H3,(H,62,70);7-12,23-26,31-32,43-44H,5-6,13-18,41-42H2,1-4H3;1-4H3/t30-,31-,34+,37-,38-,39-,40?,45-;23-,24-,25-,26?,31-,32-;/m00./s1/i13D3,14D3,26D2,27D2;15D2,16D2;. The molecule has 7 amide bonds. The lowest BCUT2D eigenvalue weighted by Crippen LogP contribution is -2.55. The van der Waals surface area contributed by atoms with Crippen molar-refractivity contribution in [1.29, 1.82) is 0 Å². The minimum absolute atomic E-state index is 0.00361. The van der Waals surface area contributed by atoms with Crippen molar-refractivity contribution in [3.63, 3.8) is 0 Å². The fourth-order valence-electron chi connectivity index (χ4n) is 17.0. The Balaban J connectivity index is 0.000000313. The van der Waals surface area contributed by atoms with Gasteiger partial charge in [-0.15, -0.1) is 0 Å². The smallest absolute Gasteiger partial charge is 0.410 e. The number of H-pyrrole nitrogens is 4. The average Bonchev–Trinajstić information content (AvgIpc) is 1.55. The number of amides is 7. The van der Waals surface area contributed by atoms with Gasteiger partial charge in [-0.2, -0.15) is 0 Å². The van der Waals surface area contributed by atoms with E-state index < -0.39 is 256 Å². The summed E-state index contributed by atoms with van der Waals surface area (Å²) in [6.45, 7) is 21.7. The Bertz CT molecular complexity index is 6150. The number of nitrogens with two attached hydrogens (primary N) is 2. The summed E-state index contributed by atoms with van der Waals surface area (Å²) in [5.41, 5.74) is 8.38. The van der Waals surface area contributed by atoms with Crippen molar-refractivity contribution in [3.05, 3.63) is 118 Å². The molecule has 9 N–H and O–H groups in total. The van der Waals surface area contributed by atoms with E-state index in [0.29, 0.717) is 4.90 Å². The van der Waals surface area contributed by atoms with Crippen LogP contribution in [0.2, 0.25) is 0 Å². The van der Waals surface area contributed by atoms with E-state index in [1.165, 1.54) is 110 Å². The number of halogens is 4. The van der Waals surface area contributed by atoms with E-state index in [4.69, 9.17) is 52.8 Å². The van der Waals surface area contributed by atoms with Crippen molar-refractivity contribution in [3.8, 4) is 22.8 Å². The molecule has 4 saturated heterocycles. The van der Waals surface area contributed by atoms with E-state index in [9.17, 15) is 72.5 Å². The number of hydrogen-bond acceptors (Lipinski definition) is 22. The molecule has 0 spiro atoms. The van der Waals surface area contributed by atoms with Crippen molar-refractivity contribution in [2.45, 2.75) is 317 Å². The summed E-state index contributed by atoms with van der Waals surface area (Å²) in [6, 6.07) is 1.11. The van der Waals surface area contributed by atoms with Gasteiger partial charge < -0.3 is 94.4 Å². The van der Waals surface area contributed by atoms with E-state index in [-0.39, 0.29) is 163 Å². The van der Waals surface area contributed by atoms with E-state index in [1.54, 1.807) is 20.8 Å².